The molecule has 0 unspecified atom stereocenters. The first kappa shape index (κ1) is 14.3. The third-order valence-corrected chi connectivity index (χ3v) is 7.01. The zero-order valence-corrected chi connectivity index (χ0v) is 13.7. The first-order valence-electron chi connectivity index (χ1n) is 8.03. The standard InChI is InChI=1S/C18H22N3P/c1-3-7-17(8-4-1)15-20-13-11-19-12-14-21(22(19)20)16-18-9-5-2-6-10-18/h1-10H,11-16H2. The molecule has 3 nitrogen and oxygen atoms in total. The topological polar surface area (TPSA) is 9.72 Å². The molecule has 2 aromatic carbocycles. The van der Waals surface area contributed by atoms with E-state index in [1.54, 1.807) is 0 Å². The third-order valence-electron chi connectivity index (χ3n) is 4.41. The van der Waals surface area contributed by atoms with Crippen LogP contribution in [0.1, 0.15) is 11.1 Å². The lowest BCUT2D eigenvalue weighted by atomic mass is 10.2. The Hall–Kier alpha value is -1.25. The molecule has 114 valence electrons. The molecule has 2 fully saturated rings. The number of benzene rings is 2. The molecule has 0 aromatic heterocycles. The molecule has 22 heavy (non-hydrogen) atoms. The van der Waals surface area contributed by atoms with Crippen LogP contribution in [0.25, 0.3) is 0 Å². The average molecular weight is 311 g/mol. The van der Waals surface area contributed by atoms with E-state index in [2.05, 4.69) is 74.7 Å². The summed E-state index contributed by atoms with van der Waals surface area (Å²) in [6, 6.07) is 21.8. The second kappa shape index (κ2) is 6.47. The lowest BCUT2D eigenvalue weighted by Crippen LogP contribution is -2.24. The van der Waals surface area contributed by atoms with Crippen LogP contribution in [0.4, 0.5) is 0 Å². The molecular formula is C18H22N3P. The Morgan fingerprint density at radius 1 is 0.636 bits per heavy atom. The van der Waals surface area contributed by atoms with E-state index in [0.717, 1.165) is 13.1 Å². The molecule has 4 heteroatoms. The van der Waals surface area contributed by atoms with E-state index in [0.29, 0.717) is 0 Å². The molecule has 0 N–H and O–H groups in total. The van der Waals surface area contributed by atoms with Crippen LogP contribution in [-0.4, -0.2) is 40.2 Å². The van der Waals surface area contributed by atoms with Crippen molar-refractivity contribution in [3.05, 3.63) is 71.8 Å². The van der Waals surface area contributed by atoms with Crippen LogP contribution in [0.5, 0.6) is 0 Å². The Morgan fingerprint density at radius 3 is 1.55 bits per heavy atom. The second-order valence-corrected chi connectivity index (χ2v) is 8.20. The smallest absolute Gasteiger partial charge is 0.121 e. The number of fused-ring (bicyclic) bond motifs is 1. The lowest BCUT2D eigenvalue weighted by Gasteiger charge is -2.31. The van der Waals surface area contributed by atoms with Crippen molar-refractivity contribution in [3.63, 3.8) is 0 Å². The zero-order valence-electron chi connectivity index (χ0n) is 12.8. The van der Waals surface area contributed by atoms with Gasteiger partial charge in [0.1, 0.15) is 8.37 Å². The quantitative estimate of drug-likeness (QED) is 0.800. The van der Waals surface area contributed by atoms with E-state index < -0.39 is 0 Å². The van der Waals surface area contributed by atoms with Gasteiger partial charge in [-0.25, -0.2) is 0 Å². The summed E-state index contributed by atoms with van der Waals surface area (Å²) in [6.07, 6.45) is 0. The fraction of sp³-hybridized carbons (Fsp3) is 0.333. The number of hydrogen-bond acceptors (Lipinski definition) is 3. The predicted molar refractivity (Wildman–Crippen MR) is 92.2 cm³/mol. The van der Waals surface area contributed by atoms with Crippen LogP contribution >= 0.6 is 8.37 Å². The van der Waals surface area contributed by atoms with Crippen molar-refractivity contribution in [2.75, 3.05) is 26.2 Å². The summed E-state index contributed by atoms with van der Waals surface area (Å²) in [6.45, 7) is 7.01. The monoisotopic (exact) mass is 311 g/mol. The average Bonchev–Trinajstić information content (AvgIpc) is 3.14. The predicted octanol–water partition coefficient (Wildman–Crippen LogP) is 3.55. The van der Waals surface area contributed by atoms with E-state index >= 15 is 0 Å². The van der Waals surface area contributed by atoms with Crippen molar-refractivity contribution in [1.29, 1.82) is 0 Å². The number of rotatable bonds is 4. The van der Waals surface area contributed by atoms with E-state index in [-0.39, 0.29) is 8.37 Å². The van der Waals surface area contributed by atoms with Crippen molar-refractivity contribution in [2.24, 2.45) is 0 Å². The molecule has 0 saturated carbocycles. The highest BCUT2D eigenvalue weighted by atomic mass is 31.2. The normalized spacial score (nSPS) is 20.5. The van der Waals surface area contributed by atoms with Crippen molar-refractivity contribution in [3.8, 4) is 0 Å². The zero-order chi connectivity index (χ0) is 14.8. The molecule has 4 rings (SSSR count). The van der Waals surface area contributed by atoms with Crippen LogP contribution in [-0.2, 0) is 13.1 Å². The highest BCUT2D eigenvalue weighted by Gasteiger charge is 2.41. The maximum absolute atomic E-state index is 2.68. The first-order valence-corrected chi connectivity index (χ1v) is 9.23. The summed E-state index contributed by atoms with van der Waals surface area (Å²) in [4.78, 5) is 0. The molecular weight excluding hydrogens is 289 g/mol. The van der Waals surface area contributed by atoms with Crippen molar-refractivity contribution in [2.45, 2.75) is 13.1 Å². The van der Waals surface area contributed by atoms with E-state index in [4.69, 9.17) is 0 Å². The minimum Gasteiger partial charge on any atom is -0.255 e. The van der Waals surface area contributed by atoms with Gasteiger partial charge in [-0.2, -0.15) is 0 Å². The Labute approximate surface area is 134 Å². The molecule has 0 amide bonds. The second-order valence-electron chi connectivity index (χ2n) is 5.97. The first-order chi connectivity index (χ1) is 10.9. The van der Waals surface area contributed by atoms with Crippen LogP contribution in [0.2, 0.25) is 0 Å². The molecule has 0 bridgehead atoms. The summed E-state index contributed by atoms with van der Waals surface area (Å²) in [7, 11) is -0.267. The summed E-state index contributed by atoms with van der Waals surface area (Å²) in [5.74, 6) is 0. The summed E-state index contributed by atoms with van der Waals surface area (Å²) < 4.78 is 8.04. The van der Waals surface area contributed by atoms with E-state index in [9.17, 15) is 0 Å². The molecule has 0 aliphatic carbocycles. The fourth-order valence-electron chi connectivity index (χ4n) is 3.34. The molecule has 2 saturated heterocycles. The van der Waals surface area contributed by atoms with Crippen LogP contribution in [0, 0.1) is 0 Å². The summed E-state index contributed by atoms with van der Waals surface area (Å²) in [5.41, 5.74) is 2.86. The highest BCUT2D eigenvalue weighted by Crippen LogP contribution is 2.56. The third kappa shape index (κ3) is 2.95. The minimum absolute atomic E-state index is 0.267. The Bertz CT molecular complexity index is 551. The fourth-order valence-corrected chi connectivity index (χ4v) is 6.07. The van der Waals surface area contributed by atoms with Gasteiger partial charge in [-0.1, -0.05) is 60.7 Å². The van der Waals surface area contributed by atoms with E-state index in [1.807, 2.05) is 0 Å². The molecule has 2 aliphatic rings. The largest absolute Gasteiger partial charge is 0.255 e. The molecule has 0 spiro atoms. The van der Waals surface area contributed by atoms with Gasteiger partial charge in [0.2, 0.25) is 0 Å². The molecule has 0 atom stereocenters. The van der Waals surface area contributed by atoms with Crippen LogP contribution in [0.15, 0.2) is 60.7 Å². The van der Waals surface area contributed by atoms with Gasteiger partial charge in [0.25, 0.3) is 0 Å². The van der Waals surface area contributed by atoms with Crippen molar-refractivity contribution in [1.82, 2.24) is 14.0 Å². The van der Waals surface area contributed by atoms with Gasteiger partial charge in [0, 0.05) is 39.3 Å². The Balaban J connectivity index is 1.48. The van der Waals surface area contributed by atoms with Crippen LogP contribution in [0.3, 0.4) is 0 Å². The highest BCUT2D eigenvalue weighted by molar-refractivity contribution is 7.50. The van der Waals surface area contributed by atoms with Gasteiger partial charge in [-0.3, -0.25) is 14.0 Å². The molecule has 2 aliphatic heterocycles. The maximum atomic E-state index is 2.68. The van der Waals surface area contributed by atoms with E-state index in [1.165, 1.54) is 37.3 Å². The SMILES string of the molecule is c1ccc(CN2CCN3CCN(Cc4ccccc4)P32)cc1. The van der Waals surface area contributed by atoms with Gasteiger partial charge in [0.05, 0.1) is 0 Å². The van der Waals surface area contributed by atoms with Crippen molar-refractivity contribution < 1.29 is 0 Å². The minimum atomic E-state index is -0.267. The molecule has 2 aromatic rings. The van der Waals surface area contributed by atoms with Gasteiger partial charge in [-0.05, 0) is 11.1 Å². The Morgan fingerprint density at radius 2 is 1.09 bits per heavy atom. The number of nitrogens with zero attached hydrogens (tertiary/aromatic N) is 3. The number of hydrogen-bond donors (Lipinski definition) is 0. The van der Waals surface area contributed by atoms with Gasteiger partial charge in [0.15, 0.2) is 0 Å². The Kier molecular flexibility index (Phi) is 4.22. The van der Waals surface area contributed by atoms with Gasteiger partial charge < -0.3 is 0 Å². The summed E-state index contributed by atoms with van der Waals surface area (Å²) >= 11 is 0. The van der Waals surface area contributed by atoms with Crippen molar-refractivity contribution >= 4 is 8.37 Å². The summed E-state index contributed by atoms with van der Waals surface area (Å²) in [5, 5.41) is 0. The van der Waals surface area contributed by atoms with Gasteiger partial charge in [-0.15, -0.1) is 0 Å². The lowest BCUT2D eigenvalue weighted by molar-refractivity contribution is 0.397. The maximum Gasteiger partial charge on any atom is 0.121 e. The van der Waals surface area contributed by atoms with Gasteiger partial charge >= 0.3 is 0 Å². The molecule has 2 heterocycles. The van der Waals surface area contributed by atoms with Crippen LogP contribution < -0.4 is 0 Å². The molecule has 0 radical (unpaired) electrons.